The van der Waals surface area contributed by atoms with Crippen molar-refractivity contribution in [2.75, 3.05) is 38.2 Å². The first-order valence-electron chi connectivity index (χ1n) is 9.94. The predicted octanol–water partition coefficient (Wildman–Crippen LogP) is 2.72. The standard InChI is InChI=1S/C22H27N5O2/c1-29-20-6-4-17(5-7-20)8-12-25-22(28)26-16-18-9-13-27(14-10-18)21-19(15-23)3-2-11-24-21/h2-7,11,18H,8-10,12-14,16H2,1H3,(H2,25,26,28). The summed E-state index contributed by atoms with van der Waals surface area (Å²) in [5.74, 6) is 2.03. The molecule has 1 aromatic carbocycles. The maximum Gasteiger partial charge on any atom is 0.314 e. The van der Waals surface area contributed by atoms with Crippen molar-refractivity contribution in [2.24, 2.45) is 5.92 Å². The number of carbonyl (C=O) groups excluding carboxylic acids is 1. The van der Waals surface area contributed by atoms with E-state index in [1.165, 1.54) is 0 Å². The number of hydrogen-bond donors (Lipinski definition) is 2. The number of nitrogens with zero attached hydrogens (tertiary/aromatic N) is 3. The Morgan fingerprint density at radius 1 is 1.24 bits per heavy atom. The lowest BCUT2D eigenvalue weighted by atomic mass is 9.96. The van der Waals surface area contributed by atoms with Crippen molar-refractivity contribution in [3.05, 3.63) is 53.7 Å². The van der Waals surface area contributed by atoms with Crippen LogP contribution in [0, 0.1) is 17.2 Å². The van der Waals surface area contributed by atoms with Crippen molar-refractivity contribution >= 4 is 11.8 Å². The molecule has 152 valence electrons. The van der Waals surface area contributed by atoms with E-state index in [1.807, 2.05) is 24.3 Å². The average Bonchev–Trinajstić information content (AvgIpc) is 2.78. The normalized spacial score (nSPS) is 14.1. The average molecular weight is 393 g/mol. The number of ether oxygens (including phenoxy) is 1. The number of amides is 2. The van der Waals surface area contributed by atoms with E-state index in [0.29, 0.717) is 24.6 Å². The highest BCUT2D eigenvalue weighted by atomic mass is 16.5. The van der Waals surface area contributed by atoms with E-state index in [-0.39, 0.29) is 6.03 Å². The van der Waals surface area contributed by atoms with Gasteiger partial charge in [0.25, 0.3) is 0 Å². The molecule has 2 amide bonds. The zero-order chi connectivity index (χ0) is 20.5. The first-order chi connectivity index (χ1) is 14.2. The Labute approximate surface area is 171 Å². The van der Waals surface area contributed by atoms with Gasteiger partial charge in [-0.25, -0.2) is 9.78 Å². The predicted molar refractivity (Wildman–Crippen MR) is 112 cm³/mol. The van der Waals surface area contributed by atoms with Gasteiger partial charge in [0.1, 0.15) is 17.6 Å². The molecular weight excluding hydrogens is 366 g/mol. The molecule has 2 aromatic rings. The molecule has 7 heteroatoms. The number of nitriles is 1. The largest absolute Gasteiger partial charge is 0.497 e. The number of aromatic nitrogens is 1. The van der Waals surface area contributed by atoms with Gasteiger partial charge in [-0.3, -0.25) is 0 Å². The number of nitrogens with one attached hydrogen (secondary N) is 2. The summed E-state index contributed by atoms with van der Waals surface area (Å²) in [7, 11) is 1.65. The van der Waals surface area contributed by atoms with Gasteiger partial charge in [-0.2, -0.15) is 5.26 Å². The zero-order valence-corrected chi connectivity index (χ0v) is 16.7. The van der Waals surface area contributed by atoms with Crippen LogP contribution in [0.1, 0.15) is 24.0 Å². The van der Waals surface area contributed by atoms with Crippen molar-refractivity contribution < 1.29 is 9.53 Å². The van der Waals surface area contributed by atoms with E-state index in [9.17, 15) is 10.1 Å². The fraction of sp³-hybridized carbons (Fsp3) is 0.409. The summed E-state index contributed by atoms with van der Waals surface area (Å²) in [4.78, 5) is 18.6. The molecule has 0 bridgehead atoms. The maximum absolute atomic E-state index is 12.0. The minimum absolute atomic E-state index is 0.127. The van der Waals surface area contributed by atoms with Crippen LogP contribution < -0.4 is 20.3 Å². The summed E-state index contributed by atoms with van der Waals surface area (Å²) in [5.41, 5.74) is 1.77. The van der Waals surface area contributed by atoms with Crippen LogP contribution in [0.5, 0.6) is 5.75 Å². The first-order valence-corrected chi connectivity index (χ1v) is 9.94. The summed E-state index contributed by atoms with van der Waals surface area (Å²) in [6.45, 7) is 2.94. The number of benzene rings is 1. The molecule has 0 unspecified atom stereocenters. The smallest absolute Gasteiger partial charge is 0.314 e. The molecule has 2 N–H and O–H groups in total. The van der Waals surface area contributed by atoms with E-state index in [0.717, 1.165) is 49.5 Å². The van der Waals surface area contributed by atoms with Gasteiger partial charge in [-0.15, -0.1) is 0 Å². The van der Waals surface area contributed by atoms with Crippen molar-refractivity contribution in [1.29, 1.82) is 5.26 Å². The Hall–Kier alpha value is -3.27. The first kappa shape index (κ1) is 20.5. The maximum atomic E-state index is 12.0. The summed E-state index contributed by atoms with van der Waals surface area (Å²) < 4.78 is 5.14. The summed E-state index contributed by atoms with van der Waals surface area (Å²) >= 11 is 0. The van der Waals surface area contributed by atoms with E-state index < -0.39 is 0 Å². The highest BCUT2D eigenvalue weighted by Gasteiger charge is 2.22. The summed E-state index contributed by atoms with van der Waals surface area (Å²) in [6, 6.07) is 13.5. The number of piperidine rings is 1. The van der Waals surface area contributed by atoms with Gasteiger partial charge in [-0.05, 0) is 55.0 Å². The highest BCUT2D eigenvalue weighted by molar-refractivity contribution is 5.73. The molecular formula is C22H27N5O2. The topological polar surface area (TPSA) is 90.3 Å². The third kappa shape index (κ3) is 5.85. The third-order valence-electron chi connectivity index (χ3n) is 5.23. The molecule has 0 radical (unpaired) electrons. The van der Waals surface area contributed by atoms with Crippen LogP contribution in [0.4, 0.5) is 10.6 Å². The molecule has 3 rings (SSSR count). The van der Waals surface area contributed by atoms with Crippen LogP contribution in [0.25, 0.3) is 0 Å². The second-order valence-electron chi connectivity index (χ2n) is 7.15. The van der Waals surface area contributed by atoms with Crippen molar-refractivity contribution in [3.8, 4) is 11.8 Å². The SMILES string of the molecule is COc1ccc(CCNC(=O)NCC2CCN(c3ncccc3C#N)CC2)cc1. The van der Waals surface area contributed by atoms with Gasteiger partial charge in [0.05, 0.1) is 12.7 Å². The van der Waals surface area contributed by atoms with E-state index in [1.54, 1.807) is 25.4 Å². The molecule has 7 nitrogen and oxygen atoms in total. The molecule has 0 saturated carbocycles. The van der Waals surface area contributed by atoms with Gasteiger partial charge >= 0.3 is 6.03 Å². The number of rotatable bonds is 7. The Kier molecular flexibility index (Phi) is 7.28. The third-order valence-corrected chi connectivity index (χ3v) is 5.23. The number of pyridine rings is 1. The van der Waals surface area contributed by atoms with Crippen LogP contribution in [0.2, 0.25) is 0 Å². The van der Waals surface area contributed by atoms with Gasteiger partial charge in [0.15, 0.2) is 0 Å². The number of anilines is 1. The van der Waals surface area contributed by atoms with E-state index >= 15 is 0 Å². The number of hydrogen-bond acceptors (Lipinski definition) is 5. The highest BCUT2D eigenvalue weighted by Crippen LogP contribution is 2.23. The van der Waals surface area contributed by atoms with Gasteiger partial charge in [0, 0.05) is 32.4 Å². The number of methoxy groups -OCH3 is 1. The van der Waals surface area contributed by atoms with Crippen LogP contribution >= 0.6 is 0 Å². The Morgan fingerprint density at radius 2 is 2.00 bits per heavy atom. The van der Waals surface area contributed by atoms with Crippen LogP contribution in [-0.4, -0.2) is 44.3 Å². The molecule has 0 atom stereocenters. The summed E-state index contributed by atoms with van der Waals surface area (Å²) in [6.07, 6.45) is 4.43. The lowest BCUT2D eigenvalue weighted by molar-refractivity contribution is 0.237. The quantitative estimate of drug-likeness (QED) is 0.755. The minimum atomic E-state index is -0.127. The molecule has 1 aliphatic heterocycles. The molecule has 2 heterocycles. The fourth-order valence-electron chi connectivity index (χ4n) is 3.50. The monoisotopic (exact) mass is 393 g/mol. The molecule has 29 heavy (non-hydrogen) atoms. The lowest BCUT2D eigenvalue weighted by Gasteiger charge is -2.33. The van der Waals surface area contributed by atoms with Gasteiger partial charge < -0.3 is 20.3 Å². The van der Waals surface area contributed by atoms with Crippen molar-refractivity contribution in [2.45, 2.75) is 19.3 Å². The Balaban J connectivity index is 1.34. The van der Waals surface area contributed by atoms with E-state index in [4.69, 9.17) is 4.74 Å². The van der Waals surface area contributed by atoms with Crippen LogP contribution in [0.15, 0.2) is 42.6 Å². The van der Waals surface area contributed by atoms with Crippen LogP contribution in [-0.2, 0) is 6.42 Å². The van der Waals surface area contributed by atoms with E-state index in [2.05, 4.69) is 26.6 Å². The molecule has 0 aliphatic carbocycles. The second-order valence-corrected chi connectivity index (χ2v) is 7.15. The Morgan fingerprint density at radius 3 is 2.69 bits per heavy atom. The molecule has 1 saturated heterocycles. The van der Waals surface area contributed by atoms with Crippen LogP contribution in [0.3, 0.4) is 0 Å². The fourth-order valence-corrected chi connectivity index (χ4v) is 3.50. The van der Waals surface area contributed by atoms with Crippen molar-refractivity contribution in [3.63, 3.8) is 0 Å². The minimum Gasteiger partial charge on any atom is -0.497 e. The molecule has 1 fully saturated rings. The zero-order valence-electron chi connectivity index (χ0n) is 16.7. The Bertz CT molecular complexity index is 839. The summed E-state index contributed by atoms with van der Waals surface area (Å²) in [5, 5.41) is 15.1. The molecule has 1 aromatic heterocycles. The van der Waals surface area contributed by atoms with Crippen molar-refractivity contribution in [1.82, 2.24) is 15.6 Å². The van der Waals surface area contributed by atoms with Gasteiger partial charge in [0.2, 0.25) is 0 Å². The molecule has 0 spiro atoms. The number of carbonyl (C=O) groups is 1. The second kappa shape index (κ2) is 10.3. The number of urea groups is 1. The lowest BCUT2D eigenvalue weighted by Crippen LogP contribution is -2.42. The van der Waals surface area contributed by atoms with Gasteiger partial charge in [-0.1, -0.05) is 12.1 Å². The molecule has 1 aliphatic rings.